The molecule has 0 heterocycles. The number of hydrogen-bond donors (Lipinski definition) is 1. The van der Waals surface area contributed by atoms with E-state index in [1.807, 2.05) is 0 Å². The first-order valence-electron chi connectivity index (χ1n) is 11.3. The number of aliphatic hydroxyl groups is 1. The van der Waals surface area contributed by atoms with Gasteiger partial charge in [-0.15, -0.1) is 0 Å². The molecular formula is C28H38Co2O8Si. The van der Waals surface area contributed by atoms with Gasteiger partial charge in [0.05, 0.1) is 12.4 Å². The smallest absolute Gasteiger partial charge is 0 e. The zero-order valence-electron chi connectivity index (χ0n) is 23.6. The van der Waals surface area contributed by atoms with Crippen molar-refractivity contribution in [2.45, 2.75) is 97.4 Å². The predicted octanol–water partition coefficient (Wildman–Crippen LogP) is 5.81. The van der Waals surface area contributed by atoms with Crippen molar-refractivity contribution in [2.24, 2.45) is 17.3 Å². The standard InChI is InChI=1S/C22H38O2Si.6CO.2Co/c1-15(2)25(16(3)4,17(5)6)24-14-18-10-9-11-21(23)20-13-22(7,8)12-19(18)20;6*1-2;;/h14-17,19-21,23H,10,12-13H2,1-8H3;;;;;;;;/b18-14+;;;;;;;;/t19-,20-,21+;;;;;;;;/m0......../s1. The number of rotatable bonds is 5. The number of aliphatic hydroxyl groups excluding tert-OH is 1. The van der Waals surface area contributed by atoms with Gasteiger partial charge in [-0.1, -0.05) is 55.4 Å². The molecule has 2 aliphatic carbocycles. The third-order valence-electron chi connectivity index (χ3n) is 6.62. The molecule has 39 heavy (non-hydrogen) atoms. The zero-order valence-corrected chi connectivity index (χ0v) is 26.7. The van der Waals surface area contributed by atoms with Crippen LogP contribution in [0.4, 0.5) is 0 Å². The molecule has 1 saturated carbocycles. The van der Waals surface area contributed by atoms with Crippen molar-refractivity contribution in [3.8, 4) is 0 Å². The molecule has 0 aliphatic heterocycles. The number of hydrogen-bond acceptors (Lipinski definition) is 2. The minimum atomic E-state index is -1.91. The third-order valence-corrected chi connectivity index (χ3v) is 12.6. The number of allylic oxidation sites excluding steroid dienone is 2. The maximum atomic E-state index is 10.5. The van der Waals surface area contributed by atoms with Gasteiger partial charge in [0, 0.05) is 33.6 Å². The average molecular weight is 649 g/mol. The van der Waals surface area contributed by atoms with E-state index in [0.29, 0.717) is 22.5 Å². The molecule has 0 saturated heterocycles. The first kappa shape index (κ1) is 54.1. The molecule has 2 rings (SSSR count). The van der Waals surface area contributed by atoms with E-state index in [4.69, 9.17) is 32.3 Å². The van der Waals surface area contributed by atoms with Crippen molar-refractivity contribution in [1.29, 1.82) is 0 Å². The first-order valence-corrected chi connectivity index (χ1v) is 13.4. The van der Waals surface area contributed by atoms with Gasteiger partial charge in [0.25, 0.3) is 8.32 Å². The second kappa shape index (κ2) is 31.4. The summed E-state index contributed by atoms with van der Waals surface area (Å²) in [6.07, 6.45) is 10.8. The molecule has 0 amide bonds. The van der Waals surface area contributed by atoms with Crippen LogP contribution in [0, 0.1) is 69.3 Å². The minimum absolute atomic E-state index is 0. The van der Waals surface area contributed by atoms with Crippen LogP contribution in [0.1, 0.15) is 74.7 Å². The summed E-state index contributed by atoms with van der Waals surface area (Å²) in [6.45, 7) is 45.6. The van der Waals surface area contributed by atoms with E-state index in [-0.39, 0.29) is 44.9 Å². The van der Waals surface area contributed by atoms with Gasteiger partial charge in [0.2, 0.25) is 0 Å². The Balaban J connectivity index is -0.000000129. The van der Waals surface area contributed by atoms with E-state index >= 15 is 0 Å². The fraction of sp³-hybridized carbons (Fsp3) is 0.643. The van der Waals surface area contributed by atoms with Gasteiger partial charge in [-0.05, 0) is 70.9 Å². The normalized spacial score (nSPS) is 20.2. The molecule has 0 aromatic carbocycles. The predicted molar refractivity (Wildman–Crippen MR) is 131 cm³/mol. The van der Waals surface area contributed by atoms with Gasteiger partial charge in [0.15, 0.2) is 0 Å². The van der Waals surface area contributed by atoms with Crippen LogP contribution in [0.3, 0.4) is 0 Å². The number of fused-ring (bicyclic) bond motifs is 1. The van der Waals surface area contributed by atoms with Crippen LogP contribution in [0.25, 0.3) is 0 Å². The van der Waals surface area contributed by atoms with Crippen LogP contribution in [0.5, 0.6) is 0 Å². The van der Waals surface area contributed by atoms with Crippen molar-refractivity contribution >= 4 is 8.32 Å². The van der Waals surface area contributed by atoms with E-state index in [1.165, 1.54) is 5.57 Å². The second-order valence-electron chi connectivity index (χ2n) is 9.91. The second-order valence-corrected chi connectivity index (χ2v) is 15.3. The maximum Gasteiger partial charge on any atom is 0 e. The Morgan fingerprint density at radius 2 is 1.15 bits per heavy atom. The Kier molecular flexibility index (Phi) is 43.6. The fourth-order valence-corrected chi connectivity index (χ4v) is 10.7. The molecule has 0 aromatic rings. The molecule has 0 aromatic heterocycles. The van der Waals surface area contributed by atoms with Crippen molar-refractivity contribution in [3.05, 3.63) is 63.9 Å². The van der Waals surface area contributed by atoms with Gasteiger partial charge in [0.1, 0.15) is 0 Å². The van der Waals surface area contributed by atoms with Gasteiger partial charge in [-0.25, -0.2) is 0 Å². The molecule has 1 N–H and O–H groups in total. The van der Waals surface area contributed by atoms with Crippen LogP contribution < -0.4 is 0 Å². The summed E-state index contributed by atoms with van der Waals surface area (Å²) >= 11 is 0. The van der Waals surface area contributed by atoms with E-state index in [1.54, 1.807) is 0 Å². The maximum absolute atomic E-state index is 10.5. The summed E-state index contributed by atoms with van der Waals surface area (Å²) in [5, 5.41) is 10.5. The molecule has 11 heteroatoms. The molecule has 0 unspecified atom stereocenters. The summed E-state index contributed by atoms with van der Waals surface area (Å²) in [5.41, 5.74) is 3.31. The van der Waals surface area contributed by atoms with Crippen molar-refractivity contribution in [2.75, 3.05) is 0 Å². The average Bonchev–Trinajstić information content (AvgIpc) is 3.18. The molecule has 1 fully saturated rings. The van der Waals surface area contributed by atoms with Gasteiger partial charge in [-0.2, -0.15) is 0 Å². The fourth-order valence-electron chi connectivity index (χ4n) is 5.56. The zero-order chi connectivity index (χ0) is 31.0. The molecule has 2 aliphatic rings. The summed E-state index contributed by atoms with van der Waals surface area (Å²) in [6, 6.07) is 0. The van der Waals surface area contributed by atoms with Crippen molar-refractivity contribution < 1.29 is 71.0 Å². The summed E-state index contributed by atoms with van der Waals surface area (Å²) < 4.78 is 51.7. The third kappa shape index (κ3) is 17.4. The van der Waals surface area contributed by atoms with Crippen LogP contribution in [-0.4, -0.2) is 19.5 Å². The molecular weight excluding hydrogens is 610 g/mol. The van der Waals surface area contributed by atoms with Gasteiger partial charge >= 0.3 is 67.8 Å². The molecule has 220 valence electrons. The summed E-state index contributed by atoms with van der Waals surface area (Å²) in [4.78, 5) is 0. The van der Waals surface area contributed by atoms with Crippen molar-refractivity contribution in [1.82, 2.24) is 0 Å². The van der Waals surface area contributed by atoms with E-state index in [9.17, 15) is 5.11 Å². The molecule has 8 nitrogen and oxygen atoms in total. The minimum Gasteiger partial charge on any atom is 0 e. The first-order chi connectivity index (χ1) is 17.5. The monoisotopic (exact) mass is 648 g/mol. The Hall–Kier alpha value is -1.09. The Morgan fingerprint density at radius 3 is 1.49 bits per heavy atom. The summed E-state index contributed by atoms with van der Waals surface area (Å²) in [7, 11) is -1.91. The van der Waals surface area contributed by atoms with Crippen molar-refractivity contribution in [3.63, 3.8) is 0 Å². The van der Waals surface area contributed by atoms with Gasteiger partial charge in [-0.3, -0.25) is 0 Å². The molecule has 0 bridgehead atoms. The largest absolute Gasteiger partial charge is 0 e. The van der Waals surface area contributed by atoms with Crippen LogP contribution in [0.2, 0.25) is 16.6 Å². The molecule has 0 spiro atoms. The summed E-state index contributed by atoms with van der Waals surface area (Å²) in [5.74, 6) is 0.652. The topological polar surface area (TPSA) is 149 Å². The molecule has 3 atom stereocenters. The Bertz CT molecular complexity index is 710. The Labute approximate surface area is 257 Å². The van der Waals surface area contributed by atoms with E-state index in [2.05, 4.69) is 114 Å². The van der Waals surface area contributed by atoms with Crippen LogP contribution >= 0.6 is 0 Å². The van der Waals surface area contributed by atoms with Crippen LogP contribution in [0.15, 0.2) is 11.8 Å². The SMILES string of the molecule is CC(C)[Si](O/C=C1\C[C]=[C][C@@H](O)[C@H]2CC(C)(C)C[C@@H]12)(C(C)C)C(C)C.[C-]#[O+].[C-]#[O+].[C-]#[O+].[C-]#[O+].[C-]#[O+].[C-]#[O+].[Co].[Co]. The van der Waals surface area contributed by atoms with E-state index in [0.717, 1.165) is 19.3 Å². The Morgan fingerprint density at radius 1 is 0.795 bits per heavy atom. The van der Waals surface area contributed by atoms with Gasteiger partial charge < -0.3 is 9.53 Å². The molecule has 4 radical (unpaired) electrons. The van der Waals surface area contributed by atoms with Crippen LogP contribution in [-0.2, 0) is 65.9 Å². The van der Waals surface area contributed by atoms with E-state index < -0.39 is 14.4 Å². The quantitative estimate of drug-likeness (QED) is 0.173.